The van der Waals surface area contributed by atoms with Gasteiger partial charge in [0.15, 0.2) is 0 Å². The van der Waals surface area contributed by atoms with Crippen LogP contribution in [0.3, 0.4) is 0 Å². The van der Waals surface area contributed by atoms with Gasteiger partial charge in [-0.15, -0.1) is 0 Å². The van der Waals surface area contributed by atoms with Crippen molar-refractivity contribution in [1.82, 2.24) is 10.2 Å². The SMILES string of the molecule is COC(=O)c1cccc(CN2CC3(CCNCC3)OC2=O)c1. The van der Waals surface area contributed by atoms with Crippen molar-refractivity contribution in [1.29, 1.82) is 0 Å². The highest BCUT2D eigenvalue weighted by molar-refractivity contribution is 5.89. The number of piperidine rings is 1. The molecular formula is C16H20N2O4. The van der Waals surface area contributed by atoms with Crippen molar-refractivity contribution in [2.75, 3.05) is 26.7 Å². The molecule has 2 aliphatic heterocycles. The van der Waals surface area contributed by atoms with Gasteiger partial charge in [0, 0.05) is 19.4 Å². The minimum absolute atomic E-state index is 0.273. The average Bonchev–Trinajstić information content (AvgIpc) is 2.82. The summed E-state index contributed by atoms with van der Waals surface area (Å²) in [5.41, 5.74) is 1.04. The number of rotatable bonds is 3. The fourth-order valence-corrected chi connectivity index (χ4v) is 3.09. The van der Waals surface area contributed by atoms with Gasteiger partial charge in [0.2, 0.25) is 0 Å². The standard InChI is InChI=1S/C16H20N2O4/c1-21-14(19)13-4-2-3-12(9-13)10-18-11-16(22-15(18)20)5-7-17-8-6-16/h2-4,9,17H,5-8,10-11H2,1H3. The summed E-state index contributed by atoms with van der Waals surface area (Å²) in [6.07, 6.45) is 1.42. The Morgan fingerprint density at radius 2 is 2.18 bits per heavy atom. The zero-order chi connectivity index (χ0) is 15.6. The molecule has 2 aliphatic rings. The molecule has 6 heteroatoms. The maximum atomic E-state index is 12.1. The first-order valence-corrected chi connectivity index (χ1v) is 7.48. The topological polar surface area (TPSA) is 67.9 Å². The van der Waals surface area contributed by atoms with Crippen molar-refractivity contribution in [3.8, 4) is 0 Å². The third-order valence-corrected chi connectivity index (χ3v) is 4.28. The summed E-state index contributed by atoms with van der Waals surface area (Å²) in [5, 5.41) is 3.28. The van der Waals surface area contributed by atoms with Crippen LogP contribution in [0.1, 0.15) is 28.8 Å². The molecule has 1 spiro atoms. The molecule has 118 valence electrons. The Hall–Kier alpha value is -2.08. The molecule has 1 N–H and O–H groups in total. The normalized spacial score (nSPS) is 20.0. The van der Waals surface area contributed by atoms with E-state index in [-0.39, 0.29) is 17.7 Å². The number of amides is 1. The van der Waals surface area contributed by atoms with Gasteiger partial charge in [-0.3, -0.25) is 4.90 Å². The molecule has 0 saturated carbocycles. The maximum absolute atomic E-state index is 12.1. The fourth-order valence-electron chi connectivity index (χ4n) is 3.09. The predicted octanol–water partition coefficient (Wildman–Crippen LogP) is 1.55. The first-order valence-electron chi connectivity index (χ1n) is 7.48. The summed E-state index contributed by atoms with van der Waals surface area (Å²) in [5.74, 6) is -0.374. The molecule has 0 bridgehead atoms. The monoisotopic (exact) mass is 304 g/mol. The number of carbonyl (C=O) groups is 2. The molecule has 0 aliphatic carbocycles. The molecule has 0 unspecified atom stereocenters. The van der Waals surface area contributed by atoms with Gasteiger partial charge >= 0.3 is 12.1 Å². The van der Waals surface area contributed by atoms with Crippen LogP contribution < -0.4 is 5.32 Å². The second kappa shape index (κ2) is 5.96. The van der Waals surface area contributed by atoms with E-state index in [9.17, 15) is 9.59 Å². The van der Waals surface area contributed by atoms with Gasteiger partial charge in [-0.1, -0.05) is 12.1 Å². The molecule has 2 fully saturated rings. The number of ether oxygens (including phenoxy) is 2. The summed E-state index contributed by atoms with van der Waals surface area (Å²) < 4.78 is 10.4. The van der Waals surface area contributed by atoms with E-state index in [1.54, 1.807) is 23.1 Å². The Bertz CT molecular complexity index is 581. The van der Waals surface area contributed by atoms with Crippen LogP contribution in [-0.2, 0) is 16.0 Å². The van der Waals surface area contributed by atoms with Crippen LogP contribution in [0.4, 0.5) is 4.79 Å². The molecule has 0 aromatic heterocycles. The molecule has 2 heterocycles. The van der Waals surface area contributed by atoms with Crippen molar-refractivity contribution in [3.05, 3.63) is 35.4 Å². The van der Waals surface area contributed by atoms with Crippen molar-refractivity contribution < 1.29 is 19.1 Å². The van der Waals surface area contributed by atoms with E-state index < -0.39 is 0 Å². The number of nitrogens with zero attached hydrogens (tertiary/aromatic N) is 1. The molecular weight excluding hydrogens is 284 g/mol. The van der Waals surface area contributed by atoms with Gasteiger partial charge in [-0.05, 0) is 30.8 Å². The number of nitrogens with one attached hydrogen (secondary N) is 1. The van der Waals surface area contributed by atoms with E-state index in [0.29, 0.717) is 18.7 Å². The maximum Gasteiger partial charge on any atom is 0.410 e. The van der Waals surface area contributed by atoms with Crippen LogP contribution >= 0.6 is 0 Å². The molecule has 3 rings (SSSR count). The average molecular weight is 304 g/mol. The zero-order valence-corrected chi connectivity index (χ0v) is 12.6. The van der Waals surface area contributed by atoms with Crippen LogP contribution in [0.25, 0.3) is 0 Å². The van der Waals surface area contributed by atoms with Crippen LogP contribution in [0.5, 0.6) is 0 Å². The number of hydrogen-bond donors (Lipinski definition) is 1. The van der Waals surface area contributed by atoms with Gasteiger partial charge in [0.1, 0.15) is 5.60 Å². The summed E-state index contributed by atoms with van der Waals surface area (Å²) in [7, 11) is 1.35. The number of hydrogen-bond acceptors (Lipinski definition) is 5. The van der Waals surface area contributed by atoms with Gasteiger partial charge in [-0.2, -0.15) is 0 Å². The van der Waals surface area contributed by atoms with E-state index in [0.717, 1.165) is 31.5 Å². The largest absolute Gasteiger partial charge is 0.465 e. The van der Waals surface area contributed by atoms with Crippen molar-refractivity contribution in [3.63, 3.8) is 0 Å². The number of carbonyl (C=O) groups excluding carboxylic acids is 2. The second-order valence-corrected chi connectivity index (χ2v) is 5.85. The highest BCUT2D eigenvalue weighted by atomic mass is 16.6. The van der Waals surface area contributed by atoms with Crippen LogP contribution in [0, 0.1) is 0 Å². The minimum atomic E-state index is -0.374. The molecule has 6 nitrogen and oxygen atoms in total. The van der Waals surface area contributed by atoms with Crippen molar-refractivity contribution in [2.24, 2.45) is 0 Å². The highest BCUT2D eigenvalue weighted by Gasteiger charge is 2.45. The Labute approximate surface area is 129 Å². The summed E-state index contributed by atoms with van der Waals surface area (Å²) in [6.45, 7) is 2.80. The Morgan fingerprint density at radius 3 is 2.91 bits per heavy atom. The lowest BCUT2D eigenvalue weighted by Gasteiger charge is -2.31. The summed E-state index contributed by atoms with van der Waals surface area (Å²) in [6, 6.07) is 7.15. The molecule has 22 heavy (non-hydrogen) atoms. The summed E-state index contributed by atoms with van der Waals surface area (Å²) in [4.78, 5) is 25.4. The predicted molar refractivity (Wildman–Crippen MR) is 79.5 cm³/mol. The smallest absolute Gasteiger partial charge is 0.410 e. The lowest BCUT2D eigenvalue weighted by atomic mass is 9.92. The Kier molecular flexibility index (Phi) is 4.02. The van der Waals surface area contributed by atoms with Crippen LogP contribution in [-0.4, -0.2) is 49.3 Å². The van der Waals surface area contributed by atoms with Gasteiger partial charge < -0.3 is 14.8 Å². The number of esters is 1. The summed E-state index contributed by atoms with van der Waals surface area (Å²) >= 11 is 0. The van der Waals surface area contributed by atoms with Crippen molar-refractivity contribution in [2.45, 2.75) is 25.0 Å². The van der Waals surface area contributed by atoms with Gasteiger partial charge in [0.05, 0.1) is 19.2 Å². The molecule has 1 aromatic carbocycles. The Morgan fingerprint density at radius 1 is 1.41 bits per heavy atom. The van der Waals surface area contributed by atoms with E-state index >= 15 is 0 Å². The van der Waals surface area contributed by atoms with E-state index in [2.05, 4.69) is 5.32 Å². The first kappa shape index (κ1) is 14.8. The quantitative estimate of drug-likeness (QED) is 0.858. The van der Waals surface area contributed by atoms with Gasteiger partial charge in [0.25, 0.3) is 0 Å². The minimum Gasteiger partial charge on any atom is -0.465 e. The molecule has 2 saturated heterocycles. The number of benzene rings is 1. The lowest BCUT2D eigenvalue weighted by molar-refractivity contribution is 0.0316. The third-order valence-electron chi connectivity index (χ3n) is 4.28. The lowest BCUT2D eigenvalue weighted by Crippen LogP contribution is -2.44. The fraction of sp³-hybridized carbons (Fsp3) is 0.500. The Balaban J connectivity index is 1.71. The van der Waals surface area contributed by atoms with Gasteiger partial charge in [-0.25, -0.2) is 9.59 Å². The van der Waals surface area contributed by atoms with E-state index in [1.165, 1.54) is 7.11 Å². The highest BCUT2D eigenvalue weighted by Crippen LogP contribution is 2.31. The third kappa shape index (κ3) is 2.92. The molecule has 1 aromatic rings. The molecule has 1 amide bonds. The first-order chi connectivity index (χ1) is 10.6. The zero-order valence-electron chi connectivity index (χ0n) is 12.6. The van der Waals surface area contributed by atoms with E-state index in [1.807, 2.05) is 6.07 Å². The van der Waals surface area contributed by atoms with E-state index in [4.69, 9.17) is 9.47 Å². The van der Waals surface area contributed by atoms with Crippen molar-refractivity contribution >= 4 is 12.1 Å². The van der Waals surface area contributed by atoms with Crippen LogP contribution in [0.15, 0.2) is 24.3 Å². The second-order valence-electron chi connectivity index (χ2n) is 5.85. The van der Waals surface area contributed by atoms with Crippen LogP contribution in [0.2, 0.25) is 0 Å². The molecule has 0 radical (unpaired) electrons. The molecule has 0 atom stereocenters. The number of methoxy groups -OCH3 is 1.